The van der Waals surface area contributed by atoms with E-state index in [0.29, 0.717) is 23.7 Å². The Kier molecular flexibility index (Phi) is 2.40. The van der Waals surface area contributed by atoms with Crippen LogP contribution in [0.2, 0.25) is 0 Å². The zero-order valence-corrected chi connectivity index (χ0v) is 9.08. The van der Waals surface area contributed by atoms with Gasteiger partial charge in [0, 0.05) is 13.5 Å². The lowest BCUT2D eigenvalue weighted by Gasteiger charge is -2.19. The summed E-state index contributed by atoms with van der Waals surface area (Å²) >= 11 is 0. The van der Waals surface area contributed by atoms with Crippen LogP contribution in [0.4, 0.5) is 0 Å². The van der Waals surface area contributed by atoms with Crippen molar-refractivity contribution in [2.24, 2.45) is 17.3 Å². The molecule has 2 aliphatic carbocycles. The Morgan fingerprint density at radius 3 is 2.79 bits per heavy atom. The van der Waals surface area contributed by atoms with Gasteiger partial charge in [-0.25, -0.2) is 0 Å². The van der Waals surface area contributed by atoms with Gasteiger partial charge in [-0.2, -0.15) is 0 Å². The lowest BCUT2D eigenvalue weighted by Crippen LogP contribution is -2.29. The Bertz CT molecular complexity index is 247. The Hall–Kier alpha value is -0.410. The number of rotatable bonds is 3. The minimum atomic E-state index is -0.210. The number of ether oxygens (including phenoxy) is 2. The topological polar surface area (TPSA) is 35.5 Å². The second kappa shape index (κ2) is 3.31. The van der Waals surface area contributed by atoms with Crippen molar-refractivity contribution >= 4 is 5.78 Å². The summed E-state index contributed by atoms with van der Waals surface area (Å²) < 4.78 is 10.2. The van der Waals surface area contributed by atoms with Crippen LogP contribution in [0.5, 0.6) is 0 Å². The molecule has 3 heteroatoms. The zero-order valence-electron chi connectivity index (χ0n) is 9.08. The van der Waals surface area contributed by atoms with Gasteiger partial charge < -0.3 is 9.47 Å². The Morgan fingerprint density at radius 1 is 1.43 bits per heavy atom. The normalized spacial score (nSPS) is 39.4. The fraction of sp³-hybridized carbons (Fsp3) is 0.909. The van der Waals surface area contributed by atoms with Crippen LogP contribution in [0.3, 0.4) is 0 Å². The minimum absolute atomic E-state index is 0.210. The summed E-state index contributed by atoms with van der Waals surface area (Å²) in [6.07, 6.45) is 1.38. The van der Waals surface area contributed by atoms with Crippen LogP contribution in [0.25, 0.3) is 0 Å². The fourth-order valence-corrected chi connectivity index (χ4v) is 2.75. The SMILES string of the molecule is COCOC1CC2C(CC1=O)C2(C)C. The summed E-state index contributed by atoms with van der Waals surface area (Å²) in [5.41, 5.74) is 0.362. The Labute approximate surface area is 84.8 Å². The summed E-state index contributed by atoms with van der Waals surface area (Å²) in [6, 6.07) is 0. The van der Waals surface area contributed by atoms with Crippen molar-refractivity contribution in [3.63, 3.8) is 0 Å². The van der Waals surface area contributed by atoms with E-state index in [2.05, 4.69) is 13.8 Å². The maximum absolute atomic E-state index is 11.6. The molecule has 0 amide bonds. The highest BCUT2D eigenvalue weighted by Gasteiger charge is 2.61. The molecule has 0 radical (unpaired) electrons. The van der Waals surface area contributed by atoms with E-state index >= 15 is 0 Å². The van der Waals surface area contributed by atoms with Crippen LogP contribution >= 0.6 is 0 Å². The largest absolute Gasteiger partial charge is 0.359 e. The highest BCUT2D eigenvalue weighted by molar-refractivity contribution is 5.85. The molecule has 0 spiro atoms. The molecule has 0 bridgehead atoms. The van der Waals surface area contributed by atoms with E-state index in [1.165, 1.54) is 0 Å². The monoisotopic (exact) mass is 198 g/mol. The third-order valence-electron chi connectivity index (χ3n) is 3.92. The first-order valence-electron chi connectivity index (χ1n) is 5.20. The highest BCUT2D eigenvalue weighted by Crippen LogP contribution is 2.64. The molecule has 2 fully saturated rings. The van der Waals surface area contributed by atoms with E-state index in [4.69, 9.17) is 9.47 Å². The van der Waals surface area contributed by atoms with Crippen molar-refractivity contribution in [2.75, 3.05) is 13.9 Å². The lowest BCUT2D eigenvalue weighted by atomic mass is 9.96. The molecule has 0 saturated heterocycles. The molecule has 0 aromatic rings. The molecule has 0 aromatic carbocycles. The lowest BCUT2D eigenvalue weighted by molar-refractivity contribution is -0.143. The third-order valence-corrected chi connectivity index (χ3v) is 3.92. The summed E-state index contributed by atoms with van der Waals surface area (Å²) in [4.78, 5) is 11.6. The predicted molar refractivity (Wildman–Crippen MR) is 51.8 cm³/mol. The number of ketones is 1. The van der Waals surface area contributed by atoms with Gasteiger partial charge in [0.15, 0.2) is 5.78 Å². The molecule has 0 heterocycles. The molecule has 0 aromatic heterocycles. The van der Waals surface area contributed by atoms with Gasteiger partial charge in [-0.05, 0) is 23.7 Å². The van der Waals surface area contributed by atoms with Gasteiger partial charge in [-0.15, -0.1) is 0 Å². The number of Topliss-reactive ketones (excluding diaryl/α,β-unsaturated/α-hetero) is 1. The van der Waals surface area contributed by atoms with Crippen molar-refractivity contribution in [2.45, 2.75) is 32.8 Å². The summed E-state index contributed by atoms with van der Waals surface area (Å²) in [5.74, 6) is 1.55. The van der Waals surface area contributed by atoms with Crippen LogP contribution in [0, 0.1) is 17.3 Å². The van der Waals surface area contributed by atoms with E-state index in [1.54, 1.807) is 7.11 Å². The molecule has 3 atom stereocenters. The zero-order chi connectivity index (χ0) is 10.3. The smallest absolute Gasteiger partial charge is 0.161 e. The van der Waals surface area contributed by atoms with Crippen molar-refractivity contribution in [1.82, 2.24) is 0 Å². The van der Waals surface area contributed by atoms with Gasteiger partial charge in [-0.1, -0.05) is 13.8 Å². The molecular formula is C11H18O3. The fourth-order valence-electron chi connectivity index (χ4n) is 2.75. The summed E-state index contributed by atoms with van der Waals surface area (Å²) in [5, 5.41) is 0. The molecule has 14 heavy (non-hydrogen) atoms. The van der Waals surface area contributed by atoms with E-state index in [9.17, 15) is 4.79 Å². The second-order valence-corrected chi connectivity index (χ2v) is 5.00. The van der Waals surface area contributed by atoms with Crippen LogP contribution < -0.4 is 0 Å². The number of carbonyl (C=O) groups is 1. The third kappa shape index (κ3) is 1.48. The molecule has 2 rings (SSSR count). The Balaban J connectivity index is 1.93. The van der Waals surface area contributed by atoms with E-state index < -0.39 is 0 Å². The number of hydrogen-bond donors (Lipinski definition) is 0. The van der Waals surface area contributed by atoms with Crippen LogP contribution in [0.1, 0.15) is 26.7 Å². The van der Waals surface area contributed by atoms with Crippen molar-refractivity contribution in [1.29, 1.82) is 0 Å². The molecule has 3 unspecified atom stereocenters. The van der Waals surface area contributed by atoms with Gasteiger partial charge in [-0.3, -0.25) is 4.79 Å². The van der Waals surface area contributed by atoms with Gasteiger partial charge in [0.05, 0.1) is 0 Å². The van der Waals surface area contributed by atoms with E-state index in [-0.39, 0.29) is 18.7 Å². The molecule has 3 nitrogen and oxygen atoms in total. The molecule has 0 N–H and O–H groups in total. The van der Waals surface area contributed by atoms with Crippen molar-refractivity contribution in [3.8, 4) is 0 Å². The maximum Gasteiger partial charge on any atom is 0.161 e. The molecule has 80 valence electrons. The number of methoxy groups -OCH3 is 1. The van der Waals surface area contributed by atoms with E-state index in [1.807, 2.05) is 0 Å². The number of fused-ring (bicyclic) bond motifs is 1. The first kappa shape index (κ1) is 10.1. The second-order valence-electron chi connectivity index (χ2n) is 5.00. The molecule has 2 aliphatic rings. The summed E-state index contributed by atoms with van der Waals surface area (Å²) in [6.45, 7) is 4.72. The first-order chi connectivity index (χ1) is 6.57. The Morgan fingerprint density at radius 2 is 2.14 bits per heavy atom. The number of carbonyl (C=O) groups excluding carboxylic acids is 1. The predicted octanol–water partition coefficient (Wildman–Crippen LogP) is 1.61. The van der Waals surface area contributed by atoms with Crippen LogP contribution in [-0.4, -0.2) is 25.8 Å². The van der Waals surface area contributed by atoms with Gasteiger partial charge in [0.25, 0.3) is 0 Å². The molecule has 2 saturated carbocycles. The first-order valence-corrected chi connectivity index (χ1v) is 5.20. The molecule has 0 aliphatic heterocycles. The quantitative estimate of drug-likeness (QED) is 0.646. The van der Waals surface area contributed by atoms with Crippen molar-refractivity contribution < 1.29 is 14.3 Å². The minimum Gasteiger partial charge on any atom is -0.359 e. The molecular weight excluding hydrogens is 180 g/mol. The standard InChI is InChI=1S/C11H18O3/c1-11(2)7-4-9(12)10(5-8(7)11)14-6-13-3/h7-8,10H,4-6H2,1-3H3. The van der Waals surface area contributed by atoms with Crippen LogP contribution in [0.15, 0.2) is 0 Å². The van der Waals surface area contributed by atoms with Gasteiger partial charge in [0.1, 0.15) is 12.9 Å². The van der Waals surface area contributed by atoms with Gasteiger partial charge in [0.2, 0.25) is 0 Å². The van der Waals surface area contributed by atoms with E-state index in [0.717, 1.165) is 6.42 Å². The highest BCUT2D eigenvalue weighted by atomic mass is 16.7. The number of hydrogen-bond acceptors (Lipinski definition) is 3. The summed E-state index contributed by atoms with van der Waals surface area (Å²) in [7, 11) is 1.58. The van der Waals surface area contributed by atoms with Crippen LogP contribution in [-0.2, 0) is 14.3 Å². The van der Waals surface area contributed by atoms with Crippen molar-refractivity contribution in [3.05, 3.63) is 0 Å². The average Bonchev–Trinajstić information content (AvgIpc) is 2.65. The maximum atomic E-state index is 11.6. The average molecular weight is 198 g/mol. The van der Waals surface area contributed by atoms with Gasteiger partial charge >= 0.3 is 0 Å².